The molecule has 4 aromatic heterocycles. The Morgan fingerprint density at radius 2 is 2.03 bits per heavy atom. The van der Waals surface area contributed by atoms with Gasteiger partial charge in [-0.25, -0.2) is 4.98 Å². The Bertz CT molecular complexity index is 1120. The maximum absolute atomic E-state index is 4.83. The third kappa shape index (κ3) is 3.71. The number of nitrogens with zero attached hydrogens (tertiary/aromatic N) is 5. The maximum Gasteiger partial charge on any atom is 0.0996 e. The number of aryl methyl sites for hydroxylation is 1. The van der Waals surface area contributed by atoms with Crippen molar-refractivity contribution in [2.45, 2.75) is 19.5 Å². The number of thiophene rings is 1. The lowest BCUT2D eigenvalue weighted by Gasteiger charge is -2.38. The van der Waals surface area contributed by atoms with Crippen LogP contribution >= 0.6 is 11.3 Å². The van der Waals surface area contributed by atoms with Crippen molar-refractivity contribution in [2.24, 2.45) is 0 Å². The molecule has 0 aromatic carbocycles. The van der Waals surface area contributed by atoms with Crippen molar-refractivity contribution in [3.05, 3.63) is 76.8 Å². The molecule has 29 heavy (non-hydrogen) atoms. The third-order valence-electron chi connectivity index (χ3n) is 5.78. The summed E-state index contributed by atoms with van der Waals surface area (Å²) in [5.41, 5.74) is 4.62. The van der Waals surface area contributed by atoms with Crippen molar-refractivity contribution in [3.63, 3.8) is 0 Å². The molecule has 1 aliphatic heterocycles. The molecule has 1 saturated heterocycles. The number of hydrogen-bond donors (Lipinski definition) is 0. The fraction of sp³-hybridized carbons (Fsp3) is 0.304. The monoisotopic (exact) mass is 403 g/mol. The second-order valence-electron chi connectivity index (χ2n) is 7.83. The molecule has 4 aromatic rings. The zero-order valence-corrected chi connectivity index (χ0v) is 17.6. The van der Waals surface area contributed by atoms with Gasteiger partial charge < -0.3 is 4.40 Å². The maximum atomic E-state index is 4.83. The van der Waals surface area contributed by atoms with Crippen LogP contribution in [0.2, 0.25) is 0 Å². The van der Waals surface area contributed by atoms with E-state index in [2.05, 4.69) is 69.7 Å². The molecule has 0 aliphatic carbocycles. The van der Waals surface area contributed by atoms with Gasteiger partial charge in [-0.15, -0.1) is 11.3 Å². The number of piperazine rings is 1. The number of likely N-dealkylation sites (N-methyl/N-ethyl adjacent to an activating group) is 1. The average Bonchev–Trinajstić information content (AvgIpc) is 3.35. The molecule has 5 nitrogen and oxygen atoms in total. The minimum absolute atomic E-state index is 0.305. The summed E-state index contributed by atoms with van der Waals surface area (Å²) in [7, 11) is 2.21. The first-order valence-corrected chi connectivity index (χ1v) is 10.8. The van der Waals surface area contributed by atoms with Crippen LogP contribution in [0.5, 0.6) is 0 Å². The van der Waals surface area contributed by atoms with E-state index in [1.165, 1.54) is 15.3 Å². The van der Waals surface area contributed by atoms with E-state index in [0.717, 1.165) is 43.0 Å². The van der Waals surface area contributed by atoms with Crippen LogP contribution in [-0.4, -0.2) is 50.9 Å². The van der Waals surface area contributed by atoms with Gasteiger partial charge >= 0.3 is 0 Å². The molecule has 5 rings (SSSR count). The van der Waals surface area contributed by atoms with Gasteiger partial charge in [-0.05, 0) is 43.8 Å². The molecular weight excluding hydrogens is 378 g/mol. The number of rotatable bonds is 4. The van der Waals surface area contributed by atoms with Gasteiger partial charge in [0, 0.05) is 60.1 Å². The van der Waals surface area contributed by atoms with Gasteiger partial charge in [0.25, 0.3) is 0 Å². The second-order valence-corrected chi connectivity index (χ2v) is 9.20. The quantitative estimate of drug-likeness (QED) is 0.510. The van der Waals surface area contributed by atoms with Crippen LogP contribution in [-0.2, 0) is 6.54 Å². The van der Waals surface area contributed by atoms with E-state index in [4.69, 9.17) is 4.98 Å². The predicted molar refractivity (Wildman–Crippen MR) is 118 cm³/mol. The molecule has 1 fully saturated rings. The molecular formula is C23H25N5S. The minimum atomic E-state index is 0.305. The average molecular weight is 404 g/mol. The molecule has 1 atom stereocenters. The van der Waals surface area contributed by atoms with Crippen LogP contribution in [0.1, 0.15) is 21.5 Å². The highest BCUT2D eigenvalue weighted by molar-refractivity contribution is 7.11. The van der Waals surface area contributed by atoms with Crippen molar-refractivity contribution in [1.29, 1.82) is 0 Å². The van der Waals surface area contributed by atoms with Gasteiger partial charge in [-0.3, -0.25) is 14.8 Å². The molecule has 0 N–H and O–H groups in total. The van der Waals surface area contributed by atoms with Gasteiger partial charge in [-0.2, -0.15) is 0 Å². The van der Waals surface area contributed by atoms with Crippen LogP contribution in [0.3, 0.4) is 0 Å². The summed E-state index contributed by atoms with van der Waals surface area (Å²) < 4.78 is 2.15. The first-order valence-electron chi connectivity index (χ1n) is 10.0. The van der Waals surface area contributed by atoms with E-state index in [0.29, 0.717) is 6.04 Å². The molecule has 0 radical (unpaired) electrons. The topological polar surface area (TPSA) is 36.7 Å². The largest absolute Gasteiger partial charge is 0.305 e. The first kappa shape index (κ1) is 18.5. The van der Waals surface area contributed by atoms with E-state index in [9.17, 15) is 0 Å². The van der Waals surface area contributed by atoms with Crippen LogP contribution < -0.4 is 0 Å². The Labute approximate surface area is 175 Å². The summed E-state index contributed by atoms with van der Waals surface area (Å²) in [6.45, 7) is 6.37. The number of hydrogen-bond acceptors (Lipinski definition) is 5. The van der Waals surface area contributed by atoms with E-state index in [1.807, 2.05) is 29.9 Å². The van der Waals surface area contributed by atoms with E-state index in [1.54, 1.807) is 6.20 Å². The second kappa shape index (κ2) is 7.71. The Morgan fingerprint density at radius 1 is 1.10 bits per heavy atom. The van der Waals surface area contributed by atoms with E-state index < -0.39 is 0 Å². The lowest BCUT2D eigenvalue weighted by Crippen LogP contribution is -2.46. The Balaban J connectivity index is 1.41. The summed E-state index contributed by atoms with van der Waals surface area (Å²) in [5.74, 6) is 0. The molecule has 148 valence electrons. The Morgan fingerprint density at radius 3 is 2.83 bits per heavy atom. The molecule has 0 spiro atoms. The molecule has 1 aliphatic rings. The van der Waals surface area contributed by atoms with Gasteiger partial charge in [0.05, 0.1) is 23.6 Å². The van der Waals surface area contributed by atoms with Gasteiger partial charge in [-0.1, -0.05) is 12.1 Å². The van der Waals surface area contributed by atoms with Crippen LogP contribution in [0.25, 0.3) is 16.6 Å². The van der Waals surface area contributed by atoms with E-state index >= 15 is 0 Å². The number of aromatic nitrogens is 3. The number of pyridine rings is 2. The zero-order chi connectivity index (χ0) is 19.8. The number of imidazole rings is 1. The molecule has 0 saturated carbocycles. The standard InChI is InChI=1S/C23H25N5S/c1-17-5-7-20(29-17)14-27-11-10-26(2)22(15-27)23-21-8-6-19(13-28(21)16-25-23)18-4-3-9-24-12-18/h3-9,12-13,16,22H,10-11,14-15H2,1-2H3/t22-/m0/s1. The Hall–Kier alpha value is -2.54. The molecule has 6 heteroatoms. The van der Waals surface area contributed by atoms with Crippen LogP contribution in [0.4, 0.5) is 0 Å². The summed E-state index contributed by atoms with van der Waals surface area (Å²) in [6, 6.07) is 13.2. The zero-order valence-electron chi connectivity index (χ0n) is 16.8. The highest BCUT2D eigenvalue weighted by Gasteiger charge is 2.28. The van der Waals surface area contributed by atoms with Crippen molar-refractivity contribution >= 4 is 16.9 Å². The smallest absolute Gasteiger partial charge is 0.0996 e. The van der Waals surface area contributed by atoms with Crippen LogP contribution in [0.15, 0.2) is 61.3 Å². The Kier molecular flexibility index (Phi) is 4.91. The highest BCUT2D eigenvalue weighted by Crippen LogP contribution is 2.29. The molecule has 0 amide bonds. The molecule has 5 heterocycles. The first-order chi connectivity index (χ1) is 14.2. The predicted octanol–water partition coefficient (Wildman–Crippen LogP) is 4.25. The van der Waals surface area contributed by atoms with Gasteiger partial charge in [0.2, 0.25) is 0 Å². The van der Waals surface area contributed by atoms with Crippen LogP contribution in [0, 0.1) is 6.92 Å². The summed E-state index contributed by atoms with van der Waals surface area (Å²) in [4.78, 5) is 16.9. The fourth-order valence-corrected chi connectivity index (χ4v) is 5.07. The van der Waals surface area contributed by atoms with Crippen molar-refractivity contribution in [2.75, 3.05) is 26.7 Å². The van der Waals surface area contributed by atoms with Crippen molar-refractivity contribution in [1.82, 2.24) is 24.2 Å². The van der Waals surface area contributed by atoms with E-state index in [-0.39, 0.29) is 0 Å². The normalized spacial score (nSPS) is 18.5. The fourth-order valence-electron chi connectivity index (χ4n) is 4.14. The summed E-state index contributed by atoms with van der Waals surface area (Å²) >= 11 is 1.90. The van der Waals surface area contributed by atoms with Crippen molar-refractivity contribution in [3.8, 4) is 11.1 Å². The van der Waals surface area contributed by atoms with Gasteiger partial charge in [0.15, 0.2) is 0 Å². The lowest BCUT2D eigenvalue weighted by atomic mass is 10.1. The minimum Gasteiger partial charge on any atom is -0.305 e. The van der Waals surface area contributed by atoms with Crippen molar-refractivity contribution < 1.29 is 0 Å². The summed E-state index contributed by atoms with van der Waals surface area (Å²) in [6.07, 6.45) is 7.80. The highest BCUT2D eigenvalue weighted by atomic mass is 32.1. The molecule has 0 unspecified atom stereocenters. The number of fused-ring (bicyclic) bond motifs is 1. The van der Waals surface area contributed by atoms with Gasteiger partial charge in [0.1, 0.15) is 0 Å². The SMILES string of the molecule is Cc1ccc(CN2CCN(C)[C@H](c3ncn4cc(-c5cccnc5)ccc34)C2)s1. The third-order valence-corrected chi connectivity index (χ3v) is 6.76. The lowest BCUT2D eigenvalue weighted by molar-refractivity contribution is 0.0899. The molecule has 0 bridgehead atoms. The summed E-state index contributed by atoms with van der Waals surface area (Å²) in [5, 5.41) is 0.